The summed E-state index contributed by atoms with van der Waals surface area (Å²) >= 11 is 0. The Bertz CT molecular complexity index is 1530. The number of alkyl halides is 3. The van der Waals surface area contributed by atoms with Crippen LogP contribution in [0.25, 0.3) is 22.6 Å². The number of piperidine rings is 1. The summed E-state index contributed by atoms with van der Waals surface area (Å²) in [6.45, 7) is 1.15. The van der Waals surface area contributed by atoms with E-state index < -0.39 is 23.3 Å². The highest BCUT2D eigenvalue weighted by atomic mass is 19.4. The third kappa shape index (κ3) is 5.20. The molecule has 2 fully saturated rings. The lowest BCUT2D eigenvalue weighted by Gasteiger charge is -2.33. The molecule has 1 N–H and O–H groups in total. The van der Waals surface area contributed by atoms with Gasteiger partial charge in [0.15, 0.2) is 5.82 Å². The second-order valence-electron chi connectivity index (χ2n) is 9.80. The molecule has 2 aromatic heterocycles. The summed E-state index contributed by atoms with van der Waals surface area (Å²) in [7, 11) is 0. The van der Waals surface area contributed by atoms with E-state index in [0.717, 1.165) is 18.9 Å². The quantitative estimate of drug-likeness (QED) is 0.289. The summed E-state index contributed by atoms with van der Waals surface area (Å²) in [6, 6.07) is 9.91. The molecule has 1 saturated carbocycles. The third-order valence-electron chi connectivity index (χ3n) is 7.16. The third-order valence-corrected chi connectivity index (χ3v) is 7.16. The minimum absolute atomic E-state index is 0.0253. The first-order chi connectivity index (χ1) is 18.8. The van der Waals surface area contributed by atoms with Crippen molar-refractivity contribution in [3.63, 3.8) is 0 Å². The number of nitrogens with zero attached hydrogens (tertiary/aromatic N) is 3. The van der Waals surface area contributed by atoms with Crippen LogP contribution < -0.4 is 10.7 Å². The molecule has 1 aliphatic heterocycles. The van der Waals surface area contributed by atoms with E-state index in [-0.39, 0.29) is 35.7 Å². The first-order valence-electron chi connectivity index (χ1n) is 12.7. The first-order valence-corrected chi connectivity index (χ1v) is 12.7. The van der Waals surface area contributed by atoms with E-state index in [1.54, 1.807) is 18.2 Å². The smallest absolute Gasteiger partial charge is 0.373 e. The van der Waals surface area contributed by atoms with Gasteiger partial charge < -0.3 is 14.2 Å². The predicted octanol–water partition coefficient (Wildman–Crippen LogP) is 5.91. The predicted molar refractivity (Wildman–Crippen MR) is 131 cm³/mol. The minimum atomic E-state index is -4.53. The molecule has 6 rings (SSSR count). The summed E-state index contributed by atoms with van der Waals surface area (Å²) in [6.07, 6.45) is -1.67. The van der Waals surface area contributed by atoms with Crippen LogP contribution in [0.4, 0.5) is 23.2 Å². The molecular formula is C27H24F4N4O4. The van der Waals surface area contributed by atoms with Gasteiger partial charge >= 0.3 is 11.9 Å². The van der Waals surface area contributed by atoms with Gasteiger partial charge in [-0.1, -0.05) is 28.5 Å². The molecular weight excluding hydrogens is 520 g/mol. The number of hydrogen-bond acceptors (Lipinski definition) is 7. The van der Waals surface area contributed by atoms with Crippen molar-refractivity contribution >= 4 is 5.69 Å². The maximum absolute atomic E-state index is 14.9. The number of ether oxygens (including phenoxy) is 1. The van der Waals surface area contributed by atoms with Gasteiger partial charge in [-0.2, -0.15) is 13.2 Å². The van der Waals surface area contributed by atoms with Crippen molar-refractivity contribution in [3.05, 3.63) is 75.7 Å². The number of aromatic nitrogens is 3. The number of nitrogens with one attached hydrogen (secondary N) is 1. The first kappa shape index (κ1) is 25.4. The van der Waals surface area contributed by atoms with E-state index in [9.17, 15) is 22.4 Å². The Morgan fingerprint density at radius 1 is 1.03 bits per heavy atom. The van der Waals surface area contributed by atoms with Crippen LogP contribution in [-0.2, 0) is 17.5 Å². The molecule has 0 radical (unpaired) electrons. The van der Waals surface area contributed by atoms with Crippen molar-refractivity contribution in [2.24, 2.45) is 0 Å². The van der Waals surface area contributed by atoms with Crippen molar-refractivity contribution in [1.29, 1.82) is 0 Å². The Morgan fingerprint density at radius 3 is 2.46 bits per heavy atom. The number of benzene rings is 2. The summed E-state index contributed by atoms with van der Waals surface area (Å²) in [5.74, 6) is -0.291. The monoisotopic (exact) mass is 544 g/mol. The van der Waals surface area contributed by atoms with Gasteiger partial charge in [-0.25, -0.2) is 9.18 Å². The second kappa shape index (κ2) is 9.99. The van der Waals surface area contributed by atoms with E-state index in [0.29, 0.717) is 48.5 Å². The van der Waals surface area contributed by atoms with E-state index in [4.69, 9.17) is 9.26 Å². The maximum atomic E-state index is 14.9. The molecule has 204 valence electrons. The Kier molecular flexibility index (Phi) is 6.49. The zero-order valence-corrected chi connectivity index (χ0v) is 20.6. The van der Waals surface area contributed by atoms with Gasteiger partial charge in [0.05, 0.1) is 24.0 Å². The van der Waals surface area contributed by atoms with Crippen LogP contribution >= 0.6 is 0 Å². The molecule has 39 heavy (non-hydrogen) atoms. The SMILES string of the molecule is O=c1[nH]c(-c2ccc(N3CCC(OCc4c(-c5ccccc5C(F)(F)F)noc4C4CC4)CC3)c(F)c2)no1. The van der Waals surface area contributed by atoms with Crippen LogP contribution in [0.5, 0.6) is 0 Å². The Balaban J connectivity index is 1.14. The number of H-pyrrole nitrogens is 1. The Labute approximate surface area is 219 Å². The molecule has 0 atom stereocenters. The zero-order valence-electron chi connectivity index (χ0n) is 20.6. The van der Waals surface area contributed by atoms with E-state index in [1.807, 2.05) is 4.90 Å². The average Bonchev–Trinajstić information content (AvgIpc) is 3.53. The second-order valence-corrected chi connectivity index (χ2v) is 9.80. The van der Waals surface area contributed by atoms with Crippen molar-refractivity contribution in [2.45, 2.75) is 50.5 Å². The molecule has 12 heteroatoms. The molecule has 3 heterocycles. The summed E-state index contributed by atoms with van der Waals surface area (Å²) in [5, 5.41) is 7.62. The molecule has 4 aromatic rings. The highest BCUT2D eigenvalue weighted by molar-refractivity contribution is 5.68. The number of anilines is 1. The fraction of sp³-hybridized carbons (Fsp3) is 0.370. The van der Waals surface area contributed by atoms with Crippen molar-refractivity contribution in [3.8, 4) is 22.6 Å². The molecule has 1 aliphatic carbocycles. The van der Waals surface area contributed by atoms with E-state index in [1.165, 1.54) is 18.2 Å². The summed E-state index contributed by atoms with van der Waals surface area (Å²) < 4.78 is 72.1. The highest BCUT2D eigenvalue weighted by Gasteiger charge is 2.38. The zero-order chi connectivity index (χ0) is 27.1. The van der Waals surface area contributed by atoms with Gasteiger partial charge in [0.1, 0.15) is 17.3 Å². The van der Waals surface area contributed by atoms with Gasteiger partial charge in [-0.3, -0.25) is 9.51 Å². The number of aromatic amines is 1. The van der Waals surface area contributed by atoms with Crippen LogP contribution in [0.1, 0.15) is 48.5 Å². The van der Waals surface area contributed by atoms with Gasteiger partial charge in [0, 0.05) is 35.7 Å². The lowest BCUT2D eigenvalue weighted by atomic mass is 9.99. The standard InChI is InChI=1S/C27H24F4N4O4/c28-21-13-16(25-32-26(36)39-34-25)7-8-22(21)35-11-9-17(10-12-35)37-14-19-23(33-38-24(19)15-5-6-15)18-3-1-2-4-20(18)27(29,30)31/h1-4,7-8,13,15,17H,5-6,9-12,14H2,(H,32,34,36). The van der Waals surface area contributed by atoms with Crippen molar-refractivity contribution in [1.82, 2.24) is 15.3 Å². The van der Waals surface area contributed by atoms with Crippen LogP contribution in [0.15, 0.2) is 56.3 Å². The van der Waals surface area contributed by atoms with Gasteiger partial charge in [-0.05, 0) is 49.9 Å². The number of halogens is 4. The Morgan fingerprint density at radius 2 is 1.79 bits per heavy atom. The molecule has 2 aliphatic rings. The lowest BCUT2D eigenvalue weighted by molar-refractivity contribution is -0.137. The largest absolute Gasteiger partial charge is 0.439 e. The van der Waals surface area contributed by atoms with Gasteiger partial charge in [0.25, 0.3) is 0 Å². The molecule has 8 nitrogen and oxygen atoms in total. The molecule has 0 unspecified atom stereocenters. The summed E-state index contributed by atoms with van der Waals surface area (Å²) in [5.41, 5.74) is 0.746. The number of rotatable bonds is 7. The molecule has 1 saturated heterocycles. The number of hydrogen-bond donors (Lipinski definition) is 1. The highest BCUT2D eigenvalue weighted by Crippen LogP contribution is 2.46. The Hall–Kier alpha value is -3.93. The normalized spacial score (nSPS) is 16.7. The summed E-state index contributed by atoms with van der Waals surface area (Å²) in [4.78, 5) is 15.5. The van der Waals surface area contributed by atoms with Crippen LogP contribution in [0, 0.1) is 5.82 Å². The van der Waals surface area contributed by atoms with Crippen LogP contribution in [0.3, 0.4) is 0 Å². The maximum Gasteiger partial charge on any atom is 0.439 e. The van der Waals surface area contributed by atoms with E-state index in [2.05, 4.69) is 19.8 Å². The van der Waals surface area contributed by atoms with Gasteiger partial charge in [-0.15, -0.1) is 0 Å². The average molecular weight is 545 g/mol. The minimum Gasteiger partial charge on any atom is -0.373 e. The molecule has 0 bridgehead atoms. The van der Waals surface area contributed by atoms with E-state index >= 15 is 0 Å². The van der Waals surface area contributed by atoms with Gasteiger partial charge in [0.2, 0.25) is 0 Å². The van der Waals surface area contributed by atoms with Crippen molar-refractivity contribution in [2.75, 3.05) is 18.0 Å². The molecule has 2 aromatic carbocycles. The van der Waals surface area contributed by atoms with Crippen LogP contribution in [0.2, 0.25) is 0 Å². The fourth-order valence-corrected chi connectivity index (χ4v) is 5.01. The van der Waals surface area contributed by atoms with Crippen molar-refractivity contribution < 1.29 is 31.3 Å². The topological polar surface area (TPSA) is 97.4 Å². The molecule has 0 spiro atoms. The fourth-order valence-electron chi connectivity index (χ4n) is 5.01. The lowest BCUT2D eigenvalue weighted by Crippen LogP contribution is -2.37. The molecule has 0 amide bonds. The van der Waals surface area contributed by atoms with Crippen LogP contribution in [-0.4, -0.2) is 34.5 Å².